The average Bonchev–Trinajstić information content (AvgIpc) is 2.67. The van der Waals surface area contributed by atoms with Crippen LogP contribution in [0.15, 0.2) is 60.7 Å². The molecular weight excluding hydrogens is 306 g/mol. The average molecular weight is 331 g/mol. The molecule has 1 fully saturated rings. The first-order chi connectivity index (χ1) is 12.3. The lowest BCUT2D eigenvalue weighted by Gasteiger charge is -2.26. The van der Waals surface area contributed by atoms with Crippen molar-refractivity contribution in [3.8, 4) is 11.8 Å². The van der Waals surface area contributed by atoms with Crippen molar-refractivity contribution in [3.63, 3.8) is 0 Å². The van der Waals surface area contributed by atoms with Crippen molar-refractivity contribution in [1.29, 1.82) is 0 Å². The highest BCUT2D eigenvalue weighted by Gasteiger charge is 2.24. The monoisotopic (exact) mass is 331 g/mol. The quantitative estimate of drug-likeness (QED) is 0.760. The van der Waals surface area contributed by atoms with Gasteiger partial charge in [-0.2, -0.15) is 0 Å². The summed E-state index contributed by atoms with van der Waals surface area (Å²) in [6, 6.07) is 19.7. The zero-order valence-electron chi connectivity index (χ0n) is 14.6. The van der Waals surface area contributed by atoms with Crippen molar-refractivity contribution in [2.75, 3.05) is 5.32 Å². The molecule has 1 amide bonds. The van der Waals surface area contributed by atoms with E-state index in [4.69, 9.17) is 0 Å². The lowest BCUT2D eigenvalue weighted by molar-refractivity contribution is -0.117. The summed E-state index contributed by atoms with van der Waals surface area (Å²) in [5.74, 6) is 7.41. The van der Waals surface area contributed by atoms with Gasteiger partial charge in [0, 0.05) is 23.6 Å². The summed E-state index contributed by atoms with van der Waals surface area (Å²) >= 11 is 0. The van der Waals surface area contributed by atoms with Crippen LogP contribution in [0.4, 0.5) is 5.69 Å². The van der Waals surface area contributed by atoms with Gasteiger partial charge >= 0.3 is 0 Å². The Morgan fingerprint density at radius 1 is 0.960 bits per heavy atom. The van der Waals surface area contributed by atoms with Gasteiger partial charge in [0.25, 0.3) is 0 Å². The predicted octanol–water partition coefficient (Wildman–Crippen LogP) is 5.26. The Bertz CT molecular complexity index is 721. The van der Waals surface area contributed by atoms with Crippen LogP contribution in [-0.2, 0) is 4.79 Å². The fraction of sp³-hybridized carbons (Fsp3) is 0.348. The normalized spacial score (nSPS) is 15.7. The summed E-state index contributed by atoms with van der Waals surface area (Å²) in [5.41, 5.74) is 1.87. The zero-order chi connectivity index (χ0) is 17.3. The maximum atomic E-state index is 12.5. The third-order valence-corrected chi connectivity index (χ3v) is 4.86. The lowest BCUT2D eigenvalue weighted by atomic mass is 9.78. The van der Waals surface area contributed by atoms with Crippen LogP contribution in [0.25, 0.3) is 0 Å². The van der Waals surface area contributed by atoms with E-state index in [-0.39, 0.29) is 11.8 Å². The second-order valence-electron chi connectivity index (χ2n) is 6.76. The van der Waals surface area contributed by atoms with Gasteiger partial charge in [0.05, 0.1) is 0 Å². The molecule has 1 atom stereocenters. The fourth-order valence-corrected chi connectivity index (χ4v) is 3.50. The van der Waals surface area contributed by atoms with Crippen LogP contribution >= 0.6 is 0 Å². The van der Waals surface area contributed by atoms with Crippen LogP contribution < -0.4 is 5.32 Å². The molecule has 0 unspecified atom stereocenters. The molecule has 25 heavy (non-hydrogen) atoms. The first kappa shape index (κ1) is 17.3. The number of anilines is 1. The third kappa shape index (κ3) is 5.50. The molecule has 1 N–H and O–H groups in total. The number of hydrogen-bond donors (Lipinski definition) is 1. The molecule has 1 saturated carbocycles. The van der Waals surface area contributed by atoms with Crippen molar-refractivity contribution in [2.24, 2.45) is 11.8 Å². The van der Waals surface area contributed by atoms with Crippen LogP contribution in [-0.4, -0.2) is 5.91 Å². The standard InChI is InChI=1S/C23H25NO/c25-23(24-22-14-8-3-9-15-22)18-21(20-12-6-2-7-13-20)17-16-19-10-4-1-5-11-19/h1,3-5,8-11,14-15,20-21H,2,6-7,12-13,18H2,(H,24,25)/t21-/m1/s1. The Morgan fingerprint density at radius 3 is 2.28 bits per heavy atom. The van der Waals surface area contributed by atoms with Gasteiger partial charge in [-0.25, -0.2) is 0 Å². The van der Waals surface area contributed by atoms with Gasteiger partial charge in [0.15, 0.2) is 0 Å². The van der Waals surface area contributed by atoms with Gasteiger partial charge in [0.1, 0.15) is 0 Å². The Kier molecular flexibility index (Phi) is 6.29. The minimum absolute atomic E-state index is 0.0594. The molecule has 1 aliphatic rings. The molecule has 128 valence electrons. The van der Waals surface area contributed by atoms with E-state index in [1.54, 1.807) is 0 Å². The van der Waals surface area contributed by atoms with Crippen LogP contribution in [0, 0.1) is 23.7 Å². The molecule has 0 radical (unpaired) electrons. The molecule has 2 aromatic rings. The summed E-state index contributed by atoms with van der Waals surface area (Å²) in [4.78, 5) is 12.5. The van der Waals surface area contributed by atoms with Gasteiger partial charge in [-0.05, 0) is 43.0 Å². The van der Waals surface area contributed by atoms with Crippen molar-refractivity contribution in [3.05, 3.63) is 66.2 Å². The largest absolute Gasteiger partial charge is 0.326 e. The number of benzene rings is 2. The maximum absolute atomic E-state index is 12.5. The van der Waals surface area contributed by atoms with Crippen molar-refractivity contribution in [2.45, 2.75) is 38.5 Å². The summed E-state index contributed by atoms with van der Waals surface area (Å²) in [5, 5.41) is 3.00. The second kappa shape index (κ2) is 9.08. The van der Waals surface area contributed by atoms with Crippen molar-refractivity contribution >= 4 is 11.6 Å². The van der Waals surface area contributed by atoms with Gasteiger partial charge in [-0.3, -0.25) is 4.79 Å². The molecule has 2 aromatic carbocycles. The topological polar surface area (TPSA) is 29.1 Å². The van der Waals surface area contributed by atoms with Crippen LogP contribution in [0.2, 0.25) is 0 Å². The first-order valence-corrected chi connectivity index (χ1v) is 9.23. The summed E-state index contributed by atoms with van der Waals surface area (Å²) in [6.07, 6.45) is 6.67. The SMILES string of the molecule is O=C(C[C@@H](C#Cc1ccccc1)C1CCCCC1)Nc1ccccc1. The molecule has 0 heterocycles. The lowest BCUT2D eigenvalue weighted by Crippen LogP contribution is -2.23. The van der Waals surface area contributed by atoms with E-state index in [0.717, 1.165) is 11.3 Å². The van der Waals surface area contributed by atoms with Gasteiger partial charge in [-0.1, -0.05) is 67.5 Å². The van der Waals surface area contributed by atoms with Gasteiger partial charge in [-0.15, -0.1) is 0 Å². The van der Waals surface area contributed by atoms with Gasteiger partial charge in [0.2, 0.25) is 5.91 Å². The highest BCUT2D eigenvalue weighted by atomic mass is 16.1. The third-order valence-electron chi connectivity index (χ3n) is 4.86. The number of carbonyl (C=O) groups excluding carboxylic acids is 1. The Morgan fingerprint density at radius 2 is 1.60 bits per heavy atom. The number of hydrogen-bond acceptors (Lipinski definition) is 1. The van der Waals surface area contributed by atoms with Crippen molar-refractivity contribution < 1.29 is 4.79 Å². The highest BCUT2D eigenvalue weighted by molar-refractivity contribution is 5.91. The number of para-hydroxylation sites is 1. The molecule has 3 rings (SSSR count). The maximum Gasteiger partial charge on any atom is 0.225 e. The second-order valence-corrected chi connectivity index (χ2v) is 6.76. The van der Waals surface area contributed by atoms with E-state index in [1.165, 1.54) is 32.1 Å². The van der Waals surface area contributed by atoms with Crippen LogP contribution in [0.3, 0.4) is 0 Å². The molecule has 1 aliphatic carbocycles. The molecule has 0 aromatic heterocycles. The molecule has 2 nitrogen and oxygen atoms in total. The molecule has 0 saturated heterocycles. The van der Waals surface area contributed by atoms with Crippen LogP contribution in [0.5, 0.6) is 0 Å². The van der Waals surface area contributed by atoms with Crippen LogP contribution in [0.1, 0.15) is 44.1 Å². The summed E-state index contributed by atoms with van der Waals surface area (Å²) < 4.78 is 0. The number of rotatable bonds is 4. The van der Waals surface area contributed by atoms with E-state index in [1.807, 2.05) is 60.7 Å². The number of carbonyl (C=O) groups is 1. The molecule has 0 spiro atoms. The molecule has 0 bridgehead atoms. The molecule has 0 aliphatic heterocycles. The number of amides is 1. The van der Waals surface area contributed by atoms with Crippen molar-refractivity contribution in [1.82, 2.24) is 0 Å². The van der Waals surface area contributed by atoms with E-state index < -0.39 is 0 Å². The Balaban J connectivity index is 1.69. The Hall–Kier alpha value is -2.53. The molecular formula is C23H25NO. The Labute approximate surface area is 150 Å². The predicted molar refractivity (Wildman–Crippen MR) is 103 cm³/mol. The van der Waals surface area contributed by atoms with E-state index in [9.17, 15) is 4.79 Å². The van der Waals surface area contributed by atoms with E-state index in [2.05, 4.69) is 17.2 Å². The summed E-state index contributed by atoms with van der Waals surface area (Å²) in [6.45, 7) is 0. The number of nitrogens with one attached hydrogen (secondary N) is 1. The summed E-state index contributed by atoms with van der Waals surface area (Å²) in [7, 11) is 0. The molecule has 2 heteroatoms. The smallest absolute Gasteiger partial charge is 0.225 e. The first-order valence-electron chi connectivity index (χ1n) is 9.23. The minimum Gasteiger partial charge on any atom is -0.326 e. The fourth-order valence-electron chi connectivity index (χ4n) is 3.50. The van der Waals surface area contributed by atoms with E-state index in [0.29, 0.717) is 12.3 Å². The highest BCUT2D eigenvalue weighted by Crippen LogP contribution is 2.31. The van der Waals surface area contributed by atoms with E-state index >= 15 is 0 Å². The van der Waals surface area contributed by atoms with Gasteiger partial charge < -0.3 is 5.32 Å². The minimum atomic E-state index is 0.0594. The zero-order valence-corrected chi connectivity index (χ0v) is 14.6.